The highest BCUT2D eigenvalue weighted by molar-refractivity contribution is 5.85. The van der Waals surface area contributed by atoms with Gasteiger partial charge >= 0.3 is 0 Å². The van der Waals surface area contributed by atoms with E-state index in [0.717, 1.165) is 90.1 Å². The number of benzene rings is 2. The van der Waals surface area contributed by atoms with Gasteiger partial charge in [-0.1, -0.05) is 24.3 Å². The summed E-state index contributed by atoms with van der Waals surface area (Å²) in [7, 11) is 1.58. The number of methoxy groups -OCH3 is 1. The molecule has 5 aromatic rings. The number of nitrogens with two attached hydrogens (primary N) is 2. The fourth-order valence-electron chi connectivity index (χ4n) is 6.74. The normalized spacial score (nSPS) is 16.5. The first-order valence-corrected chi connectivity index (χ1v) is 15.8. The van der Waals surface area contributed by atoms with E-state index < -0.39 is 0 Å². The number of pyridine rings is 2. The van der Waals surface area contributed by atoms with Crippen LogP contribution in [-0.4, -0.2) is 52.1 Å². The van der Waals surface area contributed by atoms with Crippen LogP contribution in [0, 0.1) is 5.92 Å². The molecule has 0 spiro atoms. The first-order valence-electron chi connectivity index (χ1n) is 15.8. The molecule has 2 aromatic carbocycles. The van der Waals surface area contributed by atoms with Crippen molar-refractivity contribution in [1.82, 2.24) is 19.5 Å². The summed E-state index contributed by atoms with van der Waals surface area (Å²) in [5.74, 6) is 1.71. The third-order valence-corrected chi connectivity index (χ3v) is 9.47. The van der Waals surface area contributed by atoms with Crippen LogP contribution in [0.15, 0.2) is 79.0 Å². The standard InChI is InChI=1S/C36H39N7O2/c1-45-23-29(44)21-24-14-19-42(20-15-24)28-6-2-5-25(22-28)31-12-13-32-35(40-31)43(34(41-32)30-7-3-18-39-33(30)37)27-10-8-26(9-11-27)36(38)16-4-17-36/h2-3,5-13,18,22,24H,4,14-17,19-21,23,38H2,1H3,(H2,37,39). The molecule has 45 heavy (non-hydrogen) atoms. The van der Waals surface area contributed by atoms with Gasteiger partial charge in [0.25, 0.3) is 0 Å². The number of nitrogen functional groups attached to an aromatic ring is 1. The van der Waals surface area contributed by atoms with E-state index in [-0.39, 0.29) is 17.9 Å². The van der Waals surface area contributed by atoms with E-state index in [1.807, 2.05) is 24.3 Å². The fourth-order valence-corrected chi connectivity index (χ4v) is 6.74. The molecular formula is C36H39N7O2. The lowest BCUT2D eigenvalue weighted by molar-refractivity contribution is -0.123. The maximum Gasteiger partial charge on any atom is 0.165 e. The van der Waals surface area contributed by atoms with E-state index in [0.29, 0.717) is 24.0 Å². The van der Waals surface area contributed by atoms with Crippen molar-refractivity contribution in [2.24, 2.45) is 11.7 Å². The van der Waals surface area contributed by atoms with Crippen molar-refractivity contribution in [3.05, 3.63) is 84.6 Å². The number of hydrogen-bond acceptors (Lipinski definition) is 8. The number of fused-ring (bicyclic) bond motifs is 1. The van der Waals surface area contributed by atoms with Crippen LogP contribution in [0.1, 0.15) is 44.1 Å². The van der Waals surface area contributed by atoms with Crippen molar-refractivity contribution in [3.8, 4) is 28.3 Å². The number of carbonyl (C=O) groups is 1. The number of nitrogens with zero attached hydrogens (tertiary/aromatic N) is 5. The molecule has 0 amide bonds. The Bertz CT molecular complexity index is 1840. The first kappa shape index (κ1) is 29.1. The fraction of sp³-hybridized carbons (Fsp3) is 0.333. The molecule has 1 aliphatic carbocycles. The molecule has 1 saturated heterocycles. The van der Waals surface area contributed by atoms with E-state index in [1.165, 1.54) is 0 Å². The molecule has 2 aliphatic rings. The van der Waals surface area contributed by atoms with E-state index in [1.54, 1.807) is 13.3 Å². The summed E-state index contributed by atoms with van der Waals surface area (Å²) in [6.07, 6.45) is 7.45. The Morgan fingerprint density at radius 3 is 2.49 bits per heavy atom. The van der Waals surface area contributed by atoms with Gasteiger partial charge < -0.3 is 21.1 Å². The molecule has 230 valence electrons. The number of imidazole rings is 1. The number of Topliss-reactive ketones (excluding diaryl/α,β-unsaturated/α-hetero) is 1. The maximum atomic E-state index is 12.1. The maximum absolute atomic E-state index is 12.1. The molecule has 0 unspecified atom stereocenters. The van der Waals surface area contributed by atoms with Crippen LogP contribution < -0.4 is 16.4 Å². The van der Waals surface area contributed by atoms with Crippen molar-refractivity contribution >= 4 is 28.5 Å². The molecule has 7 rings (SSSR count). The number of ketones is 1. The lowest BCUT2D eigenvalue weighted by Crippen LogP contribution is -2.43. The van der Waals surface area contributed by atoms with Gasteiger partial charge in [0.2, 0.25) is 0 Å². The molecule has 4 N–H and O–H groups in total. The Balaban J connectivity index is 1.23. The molecule has 1 aliphatic heterocycles. The first-order chi connectivity index (χ1) is 21.9. The zero-order valence-electron chi connectivity index (χ0n) is 25.7. The number of aromatic nitrogens is 4. The van der Waals surface area contributed by atoms with Crippen molar-refractivity contribution in [1.29, 1.82) is 0 Å². The lowest BCUT2D eigenvalue weighted by atomic mass is 9.73. The summed E-state index contributed by atoms with van der Waals surface area (Å²) in [4.78, 5) is 29.0. The van der Waals surface area contributed by atoms with E-state index in [2.05, 4.69) is 63.0 Å². The van der Waals surface area contributed by atoms with E-state index in [9.17, 15) is 4.79 Å². The van der Waals surface area contributed by atoms with Gasteiger partial charge in [0, 0.05) is 55.3 Å². The lowest BCUT2D eigenvalue weighted by Gasteiger charge is -2.38. The summed E-state index contributed by atoms with van der Waals surface area (Å²) in [5, 5.41) is 0. The van der Waals surface area contributed by atoms with Crippen LogP contribution in [-0.2, 0) is 15.1 Å². The molecular weight excluding hydrogens is 562 g/mol. The Hall–Kier alpha value is -4.60. The van der Waals surface area contributed by atoms with Crippen molar-refractivity contribution < 1.29 is 9.53 Å². The highest BCUT2D eigenvalue weighted by Gasteiger charge is 2.34. The number of piperidine rings is 1. The Kier molecular flexibility index (Phi) is 7.81. The van der Waals surface area contributed by atoms with Gasteiger partial charge in [-0.15, -0.1) is 0 Å². The summed E-state index contributed by atoms with van der Waals surface area (Å²) >= 11 is 0. The Morgan fingerprint density at radius 1 is 0.978 bits per heavy atom. The molecule has 1 saturated carbocycles. The van der Waals surface area contributed by atoms with Gasteiger partial charge in [-0.2, -0.15) is 0 Å². The Morgan fingerprint density at radius 2 is 1.78 bits per heavy atom. The minimum atomic E-state index is -0.237. The van der Waals surface area contributed by atoms with Gasteiger partial charge in [-0.3, -0.25) is 9.36 Å². The SMILES string of the molecule is COCC(=O)CC1CCN(c2cccc(-c3ccc4nc(-c5cccnc5N)n(-c5ccc(C6(N)CCC6)cc5)c4n3)c2)CC1. The van der Waals surface area contributed by atoms with Crippen LogP contribution in [0.5, 0.6) is 0 Å². The third-order valence-electron chi connectivity index (χ3n) is 9.47. The van der Waals surface area contributed by atoms with E-state index >= 15 is 0 Å². The van der Waals surface area contributed by atoms with Gasteiger partial charge in [0.15, 0.2) is 17.3 Å². The molecule has 0 bridgehead atoms. The zero-order valence-corrected chi connectivity index (χ0v) is 25.7. The molecule has 4 heterocycles. The predicted octanol–water partition coefficient (Wildman–Crippen LogP) is 5.89. The molecule has 3 aromatic heterocycles. The second kappa shape index (κ2) is 12.1. The number of anilines is 2. The monoisotopic (exact) mass is 601 g/mol. The zero-order chi connectivity index (χ0) is 31.0. The van der Waals surface area contributed by atoms with Crippen LogP contribution in [0.2, 0.25) is 0 Å². The van der Waals surface area contributed by atoms with Crippen LogP contribution >= 0.6 is 0 Å². The number of rotatable bonds is 9. The minimum Gasteiger partial charge on any atom is -0.383 e. The number of ether oxygens (including phenoxy) is 1. The molecule has 0 radical (unpaired) electrons. The second-order valence-electron chi connectivity index (χ2n) is 12.5. The Labute approximate surface area is 263 Å². The molecule has 9 nitrogen and oxygen atoms in total. The van der Waals surface area contributed by atoms with Crippen molar-refractivity contribution in [2.75, 3.05) is 37.4 Å². The summed E-state index contributed by atoms with van der Waals surface area (Å²) in [5.41, 5.74) is 20.2. The predicted molar refractivity (Wildman–Crippen MR) is 178 cm³/mol. The van der Waals surface area contributed by atoms with Crippen LogP contribution in [0.3, 0.4) is 0 Å². The molecule has 2 fully saturated rings. The van der Waals surface area contributed by atoms with Gasteiger partial charge in [-0.25, -0.2) is 15.0 Å². The summed E-state index contributed by atoms with van der Waals surface area (Å²) < 4.78 is 7.09. The smallest absolute Gasteiger partial charge is 0.165 e. The largest absolute Gasteiger partial charge is 0.383 e. The molecule has 9 heteroatoms. The topological polar surface area (TPSA) is 125 Å². The summed E-state index contributed by atoms with van der Waals surface area (Å²) in [6, 6.07) is 24.9. The highest BCUT2D eigenvalue weighted by atomic mass is 16.5. The average molecular weight is 602 g/mol. The average Bonchev–Trinajstić information content (AvgIpc) is 3.43. The molecule has 0 atom stereocenters. The number of hydrogen-bond donors (Lipinski definition) is 2. The highest BCUT2D eigenvalue weighted by Crippen LogP contribution is 2.39. The van der Waals surface area contributed by atoms with Gasteiger partial charge in [-0.05, 0) is 92.1 Å². The van der Waals surface area contributed by atoms with E-state index in [4.69, 9.17) is 26.2 Å². The number of carbonyl (C=O) groups excluding carboxylic acids is 1. The van der Waals surface area contributed by atoms with Gasteiger partial charge in [0.05, 0.1) is 11.3 Å². The van der Waals surface area contributed by atoms with Gasteiger partial charge in [0.1, 0.15) is 17.9 Å². The van der Waals surface area contributed by atoms with Crippen LogP contribution in [0.25, 0.3) is 39.5 Å². The minimum absolute atomic E-state index is 0.186. The van der Waals surface area contributed by atoms with Crippen molar-refractivity contribution in [3.63, 3.8) is 0 Å². The second-order valence-corrected chi connectivity index (χ2v) is 12.5. The van der Waals surface area contributed by atoms with Crippen molar-refractivity contribution in [2.45, 2.75) is 44.1 Å². The van der Waals surface area contributed by atoms with Crippen LogP contribution in [0.4, 0.5) is 11.5 Å². The summed E-state index contributed by atoms with van der Waals surface area (Å²) in [6.45, 7) is 2.04. The quantitative estimate of drug-likeness (QED) is 0.214. The third kappa shape index (κ3) is 5.69.